The van der Waals surface area contributed by atoms with Crippen LogP contribution in [0, 0.1) is 0 Å². The highest BCUT2D eigenvalue weighted by Crippen LogP contribution is 2.29. The normalized spacial score (nSPS) is 11.9. The largest absolute Gasteiger partial charge is 0.376 e. The summed E-state index contributed by atoms with van der Waals surface area (Å²) in [5.74, 6) is -0.342. The second kappa shape index (κ2) is 8.69. The van der Waals surface area contributed by atoms with E-state index in [1.54, 1.807) is 12.1 Å². The van der Waals surface area contributed by atoms with Crippen LogP contribution in [0.4, 0.5) is 11.4 Å². The van der Waals surface area contributed by atoms with Gasteiger partial charge in [0.15, 0.2) is 0 Å². The average Bonchev–Trinajstić information content (AvgIpc) is 2.71. The summed E-state index contributed by atoms with van der Waals surface area (Å²) >= 11 is 0. The first kappa shape index (κ1) is 21.5. The van der Waals surface area contributed by atoms with Crippen molar-refractivity contribution < 1.29 is 13.2 Å². The van der Waals surface area contributed by atoms with E-state index in [0.29, 0.717) is 11.4 Å². The van der Waals surface area contributed by atoms with Gasteiger partial charge in [0.1, 0.15) is 0 Å². The van der Waals surface area contributed by atoms with E-state index in [1.165, 1.54) is 32.3 Å². The molecule has 0 aliphatic rings. The first-order valence-electron chi connectivity index (χ1n) is 9.41. The van der Waals surface area contributed by atoms with E-state index in [-0.39, 0.29) is 10.8 Å². The molecule has 1 amide bonds. The molecule has 0 saturated heterocycles. The molecule has 0 fully saturated rings. The molecule has 0 spiro atoms. The molecule has 0 saturated carbocycles. The van der Waals surface area contributed by atoms with Gasteiger partial charge in [0.2, 0.25) is 15.9 Å². The Kier molecular flexibility index (Phi) is 6.24. The summed E-state index contributed by atoms with van der Waals surface area (Å²) in [7, 11) is 2.99. The first-order chi connectivity index (χ1) is 14.2. The summed E-state index contributed by atoms with van der Waals surface area (Å²) in [5.41, 5.74) is 2.06. The molecular formula is C23H25N3O3S. The van der Waals surface area contributed by atoms with Gasteiger partial charge in [0.05, 0.1) is 16.3 Å². The number of hydrogen-bond donors (Lipinski definition) is 1. The van der Waals surface area contributed by atoms with E-state index >= 15 is 0 Å². The van der Waals surface area contributed by atoms with Gasteiger partial charge >= 0.3 is 0 Å². The molecular weight excluding hydrogens is 398 g/mol. The second-order valence-electron chi connectivity index (χ2n) is 7.25. The summed E-state index contributed by atoms with van der Waals surface area (Å²) in [4.78, 5) is 14.5. The molecule has 0 aliphatic carbocycles. The maximum Gasteiger partial charge on any atom is 0.248 e. The molecule has 0 unspecified atom stereocenters. The van der Waals surface area contributed by atoms with Gasteiger partial charge in [-0.05, 0) is 40.6 Å². The van der Waals surface area contributed by atoms with Crippen molar-refractivity contribution in [3.63, 3.8) is 0 Å². The van der Waals surface area contributed by atoms with Crippen molar-refractivity contribution in [2.24, 2.45) is 0 Å². The number of carbonyl (C=O) groups excluding carboxylic acids is 1. The molecule has 7 heteroatoms. The molecule has 0 atom stereocenters. The number of nitrogens with zero attached hydrogens (tertiary/aromatic N) is 2. The zero-order valence-corrected chi connectivity index (χ0v) is 18.3. The van der Waals surface area contributed by atoms with Crippen LogP contribution in [0.25, 0.3) is 16.8 Å². The van der Waals surface area contributed by atoms with E-state index < -0.39 is 10.0 Å². The molecule has 3 aromatic carbocycles. The van der Waals surface area contributed by atoms with Crippen LogP contribution in [0.3, 0.4) is 0 Å². The minimum absolute atomic E-state index is 0.117. The van der Waals surface area contributed by atoms with Crippen LogP contribution in [-0.4, -0.2) is 46.8 Å². The predicted octanol–water partition coefficient (Wildman–Crippen LogP) is 3.81. The van der Waals surface area contributed by atoms with Crippen LogP contribution < -0.4 is 10.2 Å². The third-order valence-corrected chi connectivity index (χ3v) is 6.53. The lowest BCUT2D eigenvalue weighted by molar-refractivity contribution is -0.111. The number of rotatable bonds is 6. The maximum atomic E-state index is 12.6. The van der Waals surface area contributed by atoms with Crippen molar-refractivity contribution in [1.82, 2.24) is 4.31 Å². The van der Waals surface area contributed by atoms with Gasteiger partial charge in [0.25, 0.3) is 0 Å². The highest BCUT2D eigenvalue weighted by atomic mass is 32.2. The van der Waals surface area contributed by atoms with Crippen molar-refractivity contribution in [1.29, 1.82) is 0 Å². The first-order valence-corrected chi connectivity index (χ1v) is 10.8. The summed E-state index contributed by atoms with van der Waals surface area (Å²) in [6, 6.07) is 18.6. The fraction of sp³-hybridized carbons (Fsp3) is 0.174. The molecule has 1 N–H and O–H groups in total. The Labute approximate surface area is 177 Å². The molecule has 30 heavy (non-hydrogen) atoms. The lowest BCUT2D eigenvalue weighted by atomic mass is 10.0. The Balaban J connectivity index is 1.91. The van der Waals surface area contributed by atoms with Gasteiger partial charge in [-0.15, -0.1) is 0 Å². The van der Waals surface area contributed by atoms with Gasteiger partial charge < -0.3 is 10.2 Å². The quantitative estimate of drug-likeness (QED) is 0.612. The smallest absolute Gasteiger partial charge is 0.248 e. The molecule has 0 aromatic heterocycles. The number of nitrogens with one attached hydrogen (secondary N) is 1. The lowest BCUT2D eigenvalue weighted by Crippen LogP contribution is -2.23. The van der Waals surface area contributed by atoms with Crippen LogP contribution in [0.15, 0.2) is 71.6 Å². The molecule has 0 radical (unpaired) electrons. The number of carbonyl (C=O) groups is 1. The van der Waals surface area contributed by atoms with Gasteiger partial charge in [0, 0.05) is 34.3 Å². The second-order valence-corrected chi connectivity index (χ2v) is 9.40. The summed E-state index contributed by atoms with van der Waals surface area (Å²) in [6.07, 6.45) is 3.21. The monoisotopic (exact) mass is 423 g/mol. The van der Waals surface area contributed by atoms with Crippen LogP contribution in [0.1, 0.15) is 5.56 Å². The topological polar surface area (TPSA) is 69.7 Å². The van der Waals surface area contributed by atoms with Gasteiger partial charge in [-0.1, -0.05) is 42.5 Å². The van der Waals surface area contributed by atoms with E-state index in [1.807, 2.05) is 61.5 Å². The SMILES string of the molecule is CN(C)c1ccc(S(=O)(=O)N(C)C)cc1NC(=O)/C=C/c1cccc2ccccc12. The van der Waals surface area contributed by atoms with E-state index in [2.05, 4.69) is 5.32 Å². The van der Waals surface area contributed by atoms with Crippen molar-refractivity contribution in [3.8, 4) is 0 Å². The summed E-state index contributed by atoms with van der Waals surface area (Å²) in [5, 5.41) is 4.96. The van der Waals surface area contributed by atoms with Crippen molar-refractivity contribution in [2.45, 2.75) is 4.90 Å². The standard InChI is InChI=1S/C23H25N3O3S/c1-25(2)22-14-13-19(30(28,29)26(3)4)16-21(22)24-23(27)15-12-18-10-7-9-17-8-5-6-11-20(17)18/h5-16H,1-4H3,(H,24,27)/b15-12+. The highest BCUT2D eigenvalue weighted by molar-refractivity contribution is 7.89. The number of benzene rings is 3. The Hall–Kier alpha value is -3.16. The minimum Gasteiger partial charge on any atom is -0.376 e. The molecule has 0 heterocycles. The molecule has 0 bridgehead atoms. The van der Waals surface area contributed by atoms with Crippen LogP contribution in [0.5, 0.6) is 0 Å². The van der Waals surface area contributed by atoms with Crippen LogP contribution in [0.2, 0.25) is 0 Å². The number of fused-ring (bicyclic) bond motifs is 1. The molecule has 6 nitrogen and oxygen atoms in total. The molecule has 3 rings (SSSR count). The Morgan fingerprint density at radius 3 is 2.33 bits per heavy atom. The number of anilines is 2. The Bertz CT molecular complexity index is 1210. The van der Waals surface area contributed by atoms with Crippen molar-refractivity contribution >= 4 is 44.2 Å². The van der Waals surface area contributed by atoms with Crippen molar-refractivity contribution in [3.05, 3.63) is 72.3 Å². The fourth-order valence-corrected chi connectivity index (χ4v) is 4.04. The third-order valence-electron chi connectivity index (χ3n) is 4.72. The Morgan fingerprint density at radius 2 is 1.63 bits per heavy atom. The highest BCUT2D eigenvalue weighted by Gasteiger charge is 2.19. The Morgan fingerprint density at radius 1 is 0.933 bits per heavy atom. The average molecular weight is 424 g/mol. The molecule has 0 aliphatic heterocycles. The van der Waals surface area contributed by atoms with Gasteiger partial charge in [-0.3, -0.25) is 4.79 Å². The lowest BCUT2D eigenvalue weighted by Gasteiger charge is -2.19. The maximum absolute atomic E-state index is 12.6. The number of amides is 1. The third kappa shape index (κ3) is 4.53. The van der Waals surface area contributed by atoms with Gasteiger partial charge in [-0.25, -0.2) is 12.7 Å². The minimum atomic E-state index is -3.61. The fourth-order valence-electron chi connectivity index (χ4n) is 3.11. The number of hydrogen-bond acceptors (Lipinski definition) is 4. The predicted molar refractivity (Wildman–Crippen MR) is 123 cm³/mol. The zero-order valence-electron chi connectivity index (χ0n) is 17.5. The van der Waals surface area contributed by atoms with Crippen LogP contribution in [-0.2, 0) is 14.8 Å². The zero-order chi connectivity index (χ0) is 21.9. The molecule has 3 aromatic rings. The van der Waals surface area contributed by atoms with Crippen molar-refractivity contribution in [2.75, 3.05) is 38.4 Å². The van der Waals surface area contributed by atoms with E-state index in [4.69, 9.17) is 0 Å². The molecule has 156 valence electrons. The summed E-state index contributed by atoms with van der Waals surface area (Å²) in [6.45, 7) is 0. The van der Waals surface area contributed by atoms with Crippen LogP contribution >= 0.6 is 0 Å². The van der Waals surface area contributed by atoms with Gasteiger partial charge in [-0.2, -0.15) is 0 Å². The summed E-state index contributed by atoms with van der Waals surface area (Å²) < 4.78 is 26.1. The number of sulfonamides is 1. The van der Waals surface area contributed by atoms with E-state index in [0.717, 1.165) is 20.6 Å². The van der Waals surface area contributed by atoms with E-state index in [9.17, 15) is 13.2 Å².